The highest BCUT2D eigenvalue weighted by atomic mass is 16.5. The van der Waals surface area contributed by atoms with Crippen LogP contribution in [0.3, 0.4) is 0 Å². The van der Waals surface area contributed by atoms with E-state index in [-0.39, 0.29) is 11.8 Å². The topological polar surface area (TPSA) is 58.6 Å². The van der Waals surface area contributed by atoms with Gasteiger partial charge in [-0.2, -0.15) is 0 Å². The first kappa shape index (κ1) is 21.5. The number of aryl methyl sites for hydroxylation is 1. The summed E-state index contributed by atoms with van der Waals surface area (Å²) < 4.78 is 5.66. The van der Waals surface area contributed by atoms with E-state index in [0.717, 1.165) is 16.9 Å². The van der Waals surface area contributed by atoms with Gasteiger partial charge in [0, 0.05) is 19.5 Å². The smallest absolute Gasteiger partial charge is 0.242 e. The molecule has 1 atom stereocenters. The van der Waals surface area contributed by atoms with Gasteiger partial charge in [0.15, 0.2) is 0 Å². The van der Waals surface area contributed by atoms with E-state index >= 15 is 0 Å². The lowest BCUT2D eigenvalue weighted by Gasteiger charge is -2.29. The minimum atomic E-state index is -0.524. The van der Waals surface area contributed by atoms with Gasteiger partial charge in [-0.15, -0.1) is 0 Å². The third-order valence-corrected chi connectivity index (χ3v) is 4.54. The Balaban J connectivity index is 1.96. The molecule has 2 amide bonds. The molecule has 0 saturated carbocycles. The molecule has 5 nitrogen and oxygen atoms in total. The van der Waals surface area contributed by atoms with E-state index in [4.69, 9.17) is 4.74 Å². The van der Waals surface area contributed by atoms with Crippen LogP contribution in [0.15, 0.2) is 54.6 Å². The van der Waals surface area contributed by atoms with Crippen molar-refractivity contribution in [3.05, 3.63) is 65.7 Å². The molecule has 28 heavy (non-hydrogen) atoms. The molecular formula is C23H30N2O3. The van der Waals surface area contributed by atoms with Crippen LogP contribution in [0.2, 0.25) is 0 Å². The first-order valence-electron chi connectivity index (χ1n) is 9.81. The van der Waals surface area contributed by atoms with Crippen molar-refractivity contribution in [1.29, 1.82) is 0 Å². The fourth-order valence-corrected chi connectivity index (χ4v) is 2.87. The Bertz CT molecular complexity index is 744. The number of nitrogens with zero attached hydrogens (tertiary/aromatic N) is 1. The molecule has 0 unspecified atom stereocenters. The molecule has 1 N–H and O–H groups in total. The van der Waals surface area contributed by atoms with Crippen molar-refractivity contribution in [3.8, 4) is 5.75 Å². The van der Waals surface area contributed by atoms with Crippen LogP contribution >= 0.6 is 0 Å². The third kappa shape index (κ3) is 6.72. The molecule has 2 aromatic carbocycles. The summed E-state index contributed by atoms with van der Waals surface area (Å²) in [7, 11) is 0. The first-order chi connectivity index (χ1) is 13.5. The molecule has 2 aromatic rings. The summed E-state index contributed by atoms with van der Waals surface area (Å²) in [6.45, 7) is 7.09. The lowest BCUT2D eigenvalue weighted by Crippen LogP contribution is -2.47. The highest BCUT2D eigenvalue weighted by Gasteiger charge is 2.25. The predicted octanol–water partition coefficient (Wildman–Crippen LogP) is 3.71. The molecule has 0 aromatic heterocycles. The molecule has 0 heterocycles. The highest BCUT2D eigenvalue weighted by Crippen LogP contribution is 2.14. The van der Waals surface area contributed by atoms with E-state index in [1.807, 2.05) is 68.4 Å². The number of para-hydroxylation sites is 1. The average molecular weight is 383 g/mol. The second-order valence-electron chi connectivity index (χ2n) is 6.84. The largest absolute Gasteiger partial charge is 0.494 e. The van der Waals surface area contributed by atoms with E-state index in [9.17, 15) is 9.59 Å². The van der Waals surface area contributed by atoms with Gasteiger partial charge in [0.05, 0.1) is 6.61 Å². The minimum Gasteiger partial charge on any atom is -0.494 e. The summed E-state index contributed by atoms with van der Waals surface area (Å²) in [5.74, 6) is 0.613. The molecule has 0 radical (unpaired) electrons. The summed E-state index contributed by atoms with van der Waals surface area (Å²) in [4.78, 5) is 26.8. The number of hydrogen-bond acceptors (Lipinski definition) is 3. The maximum Gasteiger partial charge on any atom is 0.242 e. The van der Waals surface area contributed by atoms with E-state index in [1.165, 1.54) is 0 Å². The SMILES string of the molecule is CCNC(=O)[C@H](C)N(Cc1ccc(C)cc1)C(=O)CCCOc1ccccc1. The molecule has 150 valence electrons. The molecule has 5 heteroatoms. The van der Waals surface area contributed by atoms with Crippen LogP contribution < -0.4 is 10.1 Å². The van der Waals surface area contributed by atoms with Crippen molar-refractivity contribution in [2.45, 2.75) is 46.2 Å². The Morgan fingerprint density at radius 3 is 2.39 bits per heavy atom. The molecule has 0 aliphatic rings. The van der Waals surface area contributed by atoms with E-state index in [2.05, 4.69) is 5.32 Å². The van der Waals surface area contributed by atoms with Crippen LogP contribution in [0.25, 0.3) is 0 Å². The zero-order valence-electron chi connectivity index (χ0n) is 17.0. The molecule has 0 aliphatic carbocycles. The molecule has 2 rings (SSSR count). The van der Waals surface area contributed by atoms with Gasteiger partial charge in [-0.05, 0) is 44.9 Å². The standard InChI is InChI=1S/C23H30N2O3/c1-4-24-23(27)19(3)25(17-20-14-12-18(2)13-15-20)22(26)11-8-16-28-21-9-6-5-7-10-21/h5-7,9-10,12-15,19H,4,8,11,16-17H2,1-3H3,(H,24,27)/t19-/m0/s1. The predicted molar refractivity (Wildman–Crippen MR) is 111 cm³/mol. The van der Waals surface area contributed by atoms with Gasteiger partial charge in [0.25, 0.3) is 0 Å². The van der Waals surface area contributed by atoms with Gasteiger partial charge in [-0.1, -0.05) is 48.0 Å². The van der Waals surface area contributed by atoms with E-state index in [0.29, 0.717) is 32.5 Å². The normalized spacial score (nSPS) is 11.5. The number of carbonyl (C=O) groups excluding carboxylic acids is 2. The van der Waals surface area contributed by atoms with Crippen molar-refractivity contribution in [3.63, 3.8) is 0 Å². The molecule has 0 saturated heterocycles. The van der Waals surface area contributed by atoms with Crippen LogP contribution in [0.5, 0.6) is 5.75 Å². The number of rotatable bonds is 10. The quantitative estimate of drug-likeness (QED) is 0.637. The zero-order valence-corrected chi connectivity index (χ0v) is 17.0. The van der Waals surface area contributed by atoms with Gasteiger partial charge >= 0.3 is 0 Å². The van der Waals surface area contributed by atoms with Gasteiger partial charge < -0.3 is 15.0 Å². The number of ether oxygens (including phenoxy) is 1. The van der Waals surface area contributed by atoms with Gasteiger partial charge in [0.2, 0.25) is 11.8 Å². The fourth-order valence-electron chi connectivity index (χ4n) is 2.87. The van der Waals surface area contributed by atoms with Crippen molar-refractivity contribution in [1.82, 2.24) is 10.2 Å². The van der Waals surface area contributed by atoms with E-state index < -0.39 is 6.04 Å². The maximum atomic E-state index is 12.9. The number of carbonyl (C=O) groups is 2. The Labute approximate surface area is 167 Å². The Morgan fingerprint density at radius 2 is 1.75 bits per heavy atom. The summed E-state index contributed by atoms with van der Waals surface area (Å²) in [6.07, 6.45) is 0.933. The number of likely N-dealkylation sites (N-methyl/N-ethyl adjacent to an activating group) is 1. The Kier molecular flexibility index (Phi) is 8.53. The summed E-state index contributed by atoms with van der Waals surface area (Å²) >= 11 is 0. The van der Waals surface area contributed by atoms with Crippen molar-refractivity contribution in [2.24, 2.45) is 0 Å². The highest BCUT2D eigenvalue weighted by molar-refractivity contribution is 5.87. The van der Waals surface area contributed by atoms with Crippen LogP contribution in [0.1, 0.15) is 37.8 Å². The summed E-state index contributed by atoms with van der Waals surface area (Å²) in [5.41, 5.74) is 2.17. The van der Waals surface area contributed by atoms with Crippen LogP contribution in [0, 0.1) is 6.92 Å². The van der Waals surface area contributed by atoms with Gasteiger partial charge in [-0.3, -0.25) is 9.59 Å². The number of nitrogens with one attached hydrogen (secondary N) is 1. The molecule has 0 bridgehead atoms. The van der Waals surface area contributed by atoms with E-state index in [1.54, 1.807) is 11.8 Å². The van der Waals surface area contributed by atoms with Crippen molar-refractivity contribution in [2.75, 3.05) is 13.2 Å². The fraction of sp³-hybridized carbons (Fsp3) is 0.391. The van der Waals surface area contributed by atoms with Crippen LogP contribution in [-0.4, -0.2) is 35.9 Å². The average Bonchev–Trinajstić information content (AvgIpc) is 2.71. The summed E-state index contributed by atoms with van der Waals surface area (Å²) in [5, 5.41) is 2.81. The zero-order chi connectivity index (χ0) is 20.4. The lowest BCUT2D eigenvalue weighted by molar-refractivity contribution is -0.140. The summed E-state index contributed by atoms with van der Waals surface area (Å²) in [6, 6.07) is 17.1. The molecule has 0 aliphatic heterocycles. The minimum absolute atomic E-state index is 0.0454. The Morgan fingerprint density at radius 1 is 1.07 bits per heavy atom. The second-order valence-corrected chi connectivity index (χ2v) is 6.84. The van der Waals surface area contributed by atoms with Crippen molar-refractivity contribution >= 4 is 11.8 Å². The Hall–Kier alpha value is -2.82. The second kappa shape index (κ2) is 11.1. The number of benzene rings is 2. The third-order valence-electron chi connectivity index (χ3n) is 4.54. The maximum absolute atomic E-state index is 12.9. The number of hydrogen-bond donors (Lipinski definition) is 1. The number of amides is 2. The van der Waals surface area contributed by atoms with Crippen molar-refractivity contribution < 1.29 is 14.3 Å². The van der Waals surface area contributed by atoms with Gasteiger partial charge in [0.1, 0.15) is 11.8 Å². The lowest BCUT2D eigenvalue weighted by atomic mass is 10.1. The first-order valence-corrected chi connectivity index (χ1v) is 9.81. The van der Waals surface area contributed by atoms with Gasteiger partial charge in [-0.25, -0.2) is 0 Å². The molecule has 0 spiro atoms. The molecular weight excluding hydrogens is 352 g/mol. The van der Waals surface area contributed by atoms with Crippen LogP contribution in [-0.2, 0) is 16.1 Å². The van der Waals surface area contributed by atoms with Crippen LogP contribution in [0.4, 0.5) is 0 Å². The molecule has 0 fully saturated rings. The monoisotopic (exact) mass is 382 g/mol.